The molecule has 4 aromatic rings. The fraction of sp³-hybridized carbons (Fsp3) is 0.551. The van der Waals surface area contributed by atoms with Crippen LogP contribution in [0, 0.1) is 57.7 Å². The van der Waals surface area contributed by atoms with Crippen molar-refractivity contribution in [2.24, 2.45) is 46.5 Å². The molecule has 446 valence electrons. The number of halogens is 4. The molecule has 0 aromatic heterocycles. The minimum absolute atomic E-state index is 0.0659. The molecule has 6 fully saturated rings. The first kappa shape index (κ1) is 74.9. The van der Waals surface area contributed by atoms with Crippen molar-refractivity contribution in [3.8, 4) is 12.1 Å². The molecule has 6 aliphatic rings. The van der Waals surface area contributed by atoms with Crippen molar-refractivity contribution in [2.45, 2.75) is 209 Å². The summed E-state index contributed by atoms with van der Waals surface area (Å²) in [4.78, 5) is 34.8. The maximum Gasteiger partial charge on any atom is 0.230 e. The predicted octanol–water partition coefficient (Wildman–Crippen LogP) is 19.8. The second-order valence-electron chi connectivity index (χ2n) is 22.1. The van der Waals surface area contributed by atoms with Crippen LogP contribution in [0.5, 0.6) is 0 Å². The summed E-state index contributed by atoms with van der Waals surface area (Å²) < 4.78 is 4.12. The number of benzene rings is 4. The van der Waals surface area contributed by atoms with Crippen LogP contribution in [0.1, 0.15) is 210 Å². The first-order valence-electron chi connectivity index (χ1n) is 30.0. The Kier molecular flexibility index (Phi) is 33.2. The average molecular weight is 1370 g/mol. The van der Waals surface area contributed by atoms with Crippen LogP contribution in [0.25, 0.3) is 0 Å². The van der Waals surface area contributed by atoms with Gasteiger partial charge in [-0.05, 0) is 177 Å². The summed E-state index contributed by atoms with van der Waals surface area (Å²) in [6.07, 6.45) is 12.9. The van der Waals surface area contributed by atoms with Gasteiger partial charge in [-0.3, -0.25) is 14.4 Å². The van der Waals surface area contributed by atoms with E-state index in [0.29, 0.717) is 23.7 Å². The SMILES string of the molecule is C=C1CC2(CCC(C)CC2)C(=O)N1.CC.CC.CC.CC.CC.CC1CC(C#N)(c2cccc(Br)c2)C1.CC1CC(C#N)(c2cccc(Br)c2)C1.CC1CC(C(N)=O)(c2cccc(Br)c2)C1.CC1CC(C(N)=O)(c2cccc(Br)c2)C1. The Labute approximate surface area is 524 Å². The molecule has 8 nitrogen and oxygen atoms in total. The number of nitrogens with zero attached hydrogens (tertiary/aromatic N) is 2. The number of hydrogen-bond acceptors (Lipinski definition) is 5. The molecule has 5 aliphatic carbocycles. The fourth-order valence-corrected chi connectivity index (χ4v) is 13.7. The lowest BCUT2D eigenvalue weighted by Gasteiger charge is -2.44. The van der Waals surface area contributed by atoms with Crippen LogP contribution in [-0.4, -0.2) is 17.7 Å². The summed E-state index contributed by atoms with van der Waals surface area (Å²) >= 11 is 13.7. The third kappa shape index (κ3) is 19.8. The van der Waals surface area contributed by atoms with Gasteiger partial charge in [-0.15, -0.1) is 0 Å². The van der Waals surface area contributed by atoms with Crippen molar-refractivity contribution in [1.82, 2.24) is 5.32 Å². The van der Waals surface area contributed by atoms with Crippen molar-refractivity contribution >= 4 is 81.4 Å². The van der Waals surface area contributed by atoms with E-state index in [-0.39, 0.29) is 34.0 Å². The largest absolute Gasteiger partial charge is 0.369 e. The Morgan fingerprint density at radius 2 is 0.765 bits per heavy atom. The van der Waals surface area contributed by atoms with Gasteiger partial charge in [0.25, 0.3) is 0 Å². The zero-order valence-corrected chi connectivity index (χ0v) is 58.2. The van der Waals surface area contributed by atoms with Gasteiger partial charge in [-0.1, -0.05) is 223 Å². The van der Waals surface area contributed by atoms with Crippen LogP contribution in [0.3, 0.4) is 0 Å². The molecular formula is C69H99Br4N5O3. The molecule has 0 radical (unpaired) electrons. The summed E-state index contributed by atoms with van der Waals surface area (Å²) in [5, 5.41) is 21.3. The lowest BCUT2D eigenvalue weighted by atomic mass is 9.59. The van der Waals surface area contributed by atoms with E-state index in [0.717, 1.165) is 122 Å². The number of carbonyl (C=O) groups is 3. The molecule has 3 amide bonds. The highest BCUT2D eigenvalue weighted by Gasteiger charge is 2.50. The molecule has 1 heterocycles. The van der Waals surface area contributed by atoms with Gasteiger partial charge in [-0.2, -0.15) is 10.5 Å². The summed E-state index contributed by atoms with van der Waals surface area (Å²) in [5.74, 6) is 3.20. The zero-order valence-electron chi connectivity index (χ0n) is 51.8. The zero-order chi connectivity index (χ0) is 61.9. The van der Waals surface area contributed by atoms with Gasteiger partial charge in [0.05, 0.1) is 39.2 Å². The second-order valence-corrected chi connectivity index (χ2v) is 25.7. The van der Waals surface area contributed by atoms with Gasteiger partial charge in [0.15, 0.2) is 0 Å². The first-order valence-corrected chi connectivity index (χ1v) is 33.2. The van der Waals surface area contributed by atoms with E-state index in [4.69, 9.17) is 11.5 Å². The molecule has 5 N–H and O–H groups in total. The molecule has 0 bridgehead atoms. The van der Waals surface area contributed by atoms with E-state index in [9.17, 15) is 24.9 Å². The molecule has 12 heteroatoms. The van der Waals surface area contributed by atoms with Gasteiger partial charge in [0.1, 0.15) is 0 Å². The number of nitrogens with two attached hydrogens (primary N) is 2. The number of carbonyl (C=O) groups excluding carboxylic acids is 3. The minimum atomic E-state index is -0.413. The normalized spacial score (nSPS) is 28.2. The number of hydrogen-bond donors (Lipinski definition) is 3. The van der Waals surface area contributed by atoms with Crippen molar-refractivity contribution in [2.75, 3.05) is 0 Å². The van der Waals surface area contributed by atoms with Gasteiger partial charge in [0, 0.05) is 30.0 Å². The van der Waals surface area contributed by atoms with Crippen LogP contribution in [0.15, 0.2) is 127 Å². The maximum absolute atomic E-state index is 11.7. The number of rotatable bonds is 6. The van der Waals surface area contributed by atoms with E-state index in [1.54, 1.807) is 0 Å². The Morgan fingerprint density at radius 1 is 0.494 bits per heavy atom. The van der Waals surface area contributed by atoms with E-state index in [1.165, 1.54) is 12.8 Å². The first-order chi connectivity index (χ1) is 38.5. The number of nitriles is 2. The molecule has 4 aromatic carbocycles. The Bertz CT molecular complexity index is 2500. The van der Waals surface area contributed by atoms with E-state index < -0.39 is 10.8 Å². The summed E-state index contributed by atoms with van der Waals surface area (Å²) in [7, 11) is 0. The molecule has 0 atom stereocenters. The number of primary amides is 2. The van der Waals surface area contributed by atoms with Crippen LogP contribution in [-0.2, 0) is 36.0 Å². The lowest BCUT2D eigenvalue weighted by Crippen LogP contribution is -2.50. The van der Waals surface area contributed by atoms with Crippen molar-refractivity contribution in [1.29, 1.82) is 10.5 Å². The van der Waals surface area contributed by atoms with Crippen LogP contribution >= 0.6 is 63.7 Å². The molecule has 1 saturated heterocycles. The highest BCUT2D eigenvalue weighted by molar-refractivity contribution is 9.11. The fourth-order valence-electron chi connectivity index (χ4n) is 12.2. The number of allylic oxidation sites excluding steroid dienone is 1. The quantitative estimate of drug-likeness (QED) is 0.175. The van der Waals surface area contributed by atoms with E-state index in [1.807, 2.05) is 142 Å². The molecule has 0 unspecified atom stereocenters. The lowest BCUT2D eigenvalue weighted by molar-refractivity contribution is -0.130. The third-order valence-electron chi connectivity index (χ3n) is 16.0. The van der Waals surface area contributed by atoms with Crippen LogP contribution in [0.2, 0.25) is 0 Å². The molecule has 81 heavy (non-hydrogen) atoms. The number of nitrogens with one attached hydrogen (secondary N) is 1. The van der Waals surface area contributed by atoms with Crippen molar-refractivity contribution in [3.05, 3.63) is 149 Å². The Hall–Kier alpha value is -4.07. The van der Waals surface area contributed by atoms with E-state index in [2.05, 4.69) is 147 Å². The maximum atomic E-state index is 11.7. The summed E-state index contributed by atoms with van der Waals surface area (Å²) in [6, 6.07) is 37.0. The molecular weight excluding hydrogens is 1270 g/mol. The second kappa shape index (κ2) is 35.9. The summed E-state index contributed by atoms with van der Waals surface area (Å²) in [5.41, 5.74) is 15.1. The topological polar surface area (TPSA) is 163 Å². The monoisotopic (exact) mass is 1360 g/mol. The van der Waals surface area contributed by atoms with Gasteiger partial charge in [-0.25, -0.2) is 0 Å². The highest BCUT2D eigenvalue weighted by Crippen LogP contribution is 2.51. The standard InChI is InChI=1S/2C12H14BrNO.2C12H12BrN.C11H17NO.5C2H6/c2*1-8-6-12(7-8,11(14)15)9-3-2-4-10(13)5-9;2*1-9-6-12(7-9,8-14)10-3-2-4-11(13)5-10;1-8-3-5-11(6-4-8)7-9(2)12-10(11)13;5*1-2/h2*2-5,8H,6-7H2,1H3,(H2,14,15);2*2-5,9H,6-7H2,1H3;8H,2-7H2,1H3,(H,12,13);5*1-2H3. The third-order valence-corrected chi connectivity index (χ3v) is 18.0. The smallest absolute Gasteiger partial charge is 0.230 e. The van der Waals surface area contributed by atoms with Gasteiger partial charge < -0.3 is 16.8 Å². The van der Waals surface area contributed by atoms with Gasteiger partial charge >= 0.3 is 0 Å². The minimum Gasteiger partial charge on any atom is -0.369 e. The van der Waals surface area contributed by atoms with Crippen molar-refractivity contribution in [3.63, 3.8) is 0 Å². The Balaban J connectivity index is 0.000000487. The summed E-state index contributed by atoms with van der Waals surface area (Å²) in [6.45, 7) is 34.8. The van der Waals surface area contributed by atoms with Gasteiger partial charge in [0.2, 0.25) is 17.7 Å². The average Bonchev–Trinajstić information content (AvgIpc) is 3.71. The highest BCUT2D eigenvalue weighted by atomic mass is 79.9. The van der Waals surface area contributed by atoms with Crippen LogP contribution in [0.4, 0.5) is 0 Å². The molecule has 1 spiro atoms. The number of amides is 3. The van der Waals surface area contributed by atoms with E-state index >= 15 is 0 Å². The Morgan fingerprint density at radius 3 is 0.988 bits per heavy atom. The molecule has 1 aliphatic heterocycles. The predicted molar refractivity (Wildman–Crippen MR) is 355 cm³/mol. The molecule has 10 rings (SSSR count). The van der Waals surface area contributed by atoms with Crippen LogP contribution < -0.4 is 16.8 Å². The molecule has 5 saturated carbocycles. The van der Waals surface area contributed by atoms with Crippen molar-refractivity contribution < 1.29 is 14.4 Å².